The molecule has 2 heterocycles. The van der Waals surface area contributed by atoms with Crippen LogP contribution in [0.15, 0.2) is 24.5 Å². The minimum atomic E-state index is 0.965. The molecular weight excluding hydrogens is 174 g/mol. The van der Waals surface area contributed by atoms with Crippen LogP contribution in [0.25, 0.3) is 5.52 Å². The first kappa shape index (κ1) is 9.21. The van der Waals surface area contributed by atoms with Crippen molar-refractivity contribution in [2.75, 3.05) is 13.6 Å². The lowest BCUT2D eigenvalue weighted by atomic mass is 10.2. The monoisotopic (exact) mass is 189 g/mol. The third kappa shape index (κ3) is 1.51. The van der Waals surface area contributed by atoms with Gasteiger partial charge in [0, 0.05) is 19.2 Å². The van der Waals surface area contributed by atoms with Crippen LogP contribution in [0.2, 0.25) is 0 Å². The Morgan fingerprint density at radius 1 is 1.50 bits per heavy atom. The minimum absolute atomic E-state index is 0.965. The highest BCUT2D eigenvalue weighted by atomic mass is 15.0. The molecule has 0 aromatic carbocycles. The van der Waals surface area contributed by atoms with Crippen LogP contribution in [-0.4, -0.2) is 23.0 Å². The van der Waals surface area contributed by atoms with Crippen LogP contribution in [0, 0.1) is 6.92 Å². The Kier molecular flexibility index (Phi) is 2.50. The van der Waals surface area contributed by atoms with Crippen molar-refractivity contribution in [3.8, 4) is 0 Å². The fraction of sp³-hybridized carbons (Fsp3) is 0.364. The predicted octanol–water partition coefficient (Wildman–Crippen LogP) is 1.40. The molecule has 2 rings (SSSR count). The normalized spacial score (nSPS) is 11.0. The van der Waals surface area contributed by atoms with E-state index in [1.54, 1.807) is 0 Å². The highest BCUT2D eigenvalue weighted by Gasteiger charge is 2.03. The zero-order valence-electron chi connectivity index (χ0n) is 8.62. The molecule has 0 aliphatic carbocycles. The van der Waals surface area contributed by atoms with Crippen molar-refractivity contribution in [2.45, 2.75) is 13.3 Å². The number of imidazole rings is 1. The molecule has 3 heteroatoms. The van der Waals surface area contributed by atoms with Crippen LogP contribution in [0.1, 0.15) is 11.4 Å². The Morgan fingerprint density at radius 3 is 3.14 bits per heavy atom. The van der Waals surface area contributed by atoms with Gasteiger partial charge in [-0.2, -0.15) is 0 Å². The van der Waals surface area contributed by atoms with Crippen molar-refractivity contribution in [1.82, 2.24) is 14.7 Å². The highest BCUT2D eigenvalue weighted by Crippen LogP contribution is 2.11. The summed E-state index contributed by atoms with van der Waals surface area (Å²) in [6.07, 6.45) is 4.98. The van der Waals surface area contributed by atoms with Gasteiger partial charge in [-0.25, -0.2) is 4.98 Å². The van der Waals surface area contributed by atoms with Gasteiger partial charge in [-0.15, -0.1) is 0 Å². The van der Waals surface area contributed by atoms with Crippen LogP contribution in [0.3, 0.4) is 0 Å². The maximum absolute atomic E-state index is 4.42. The molecule has 74 valence electrons. The number of fused-ring (bicyclic) bond motifs is 1. The zero-order chi connectivity index (χ0) is 9.97. The molecule has 0 aliphatic heterocycles. The van der Waals surface area contributed by atoms with Gasteiger partial charge in [0.25, 0.3) is 0 Å². The van der Waals surface area contributed by atoms with E-state index in [1.807, 2.05) is 13.2 Å². The fourth-order valence-corrected chi connectivity index (χ4v) is 1.64. The first-order valence-electron chi connectivity index (χ1n) is 4.89. The number of hydrogen-bond acceptors (Lipinski definition) is 2. The number of rotatable bonds is 3. The van der Waals surface area contributed by atoms with E-state index >= 15 is 0 Å². The van der Waals surface area contributed by atoms with E-state index in [1.165, 1.54) is 11.1 Å². The van der Waals surface area contributed by atoms with Crippen LogP contribution in [-0.2, 0) is 6.42 Å². The summed E-state index contributed by atoms with van der Waals surface area (Å²) in [5, 5.41) is 3.13. The van der Waals surface area contributed by atoms with Crippen LogP contribution in [0.4, 0.5) is 0 Å². The molecule has 0 radical (unpaired) electrons. The van der Waals surface area contributed by atoms with Gasteiger partial charge in [-0.1, -0.05) is 6.07 Å². The molecule has 2 aromatic heterocycles. The summed E-state index contributed by atoms with van der Waals surface area (Å²) in [6, 6.07) is 4.17. The Hall–Kier alpha value is -1.35. The molecule has 0 aliphatic rings. The molecule has 0 amide bonds. The molecule has 0 spiro atoms. The van der Waals surface area contributed by atoms with Crippen LogP contribution < -0.4 is 5.32 Å². The van der Waals surface area contributed by atoms with Gasteiger partial charge in [0.15, 0.2) is 0 Å². The van der Waals surface area contributed by atoms with E-state index < -0.39 is 0 Å². The molecule has 3 nitrogen and oxygen atoms in total. The lowest BCUT2D eigenvalue weighted by Gasteiger charge is -2.01. The summed E-state index contributed by atoms with van der Waals surface area (Å²) in [5.41, 5.74) is 2.48. The van der Waals surface area contributed by atoms with E-state index in [9.17, 15) is 0 Å². The van der Waals surface area contributed by atoms with E-state index in [-0.39, 0.29) is 0 Å². The number of aryl methyl sites for hydroxylation is 1. The number of nitrogens with zero attached hydrogens (tertiary/aromatic N) is 2. The number of nitrogens with one attached hydrogen (secondary N) is 1. The average molecular weight is 189 g/mol. The summed E-state index contributed by atoms with van der Waals surface area (Å²) in [6.45, 7) is 3.08. The zero-order valence-corrected chi connectivity index (χ0v) is 8.62. The van der Waals surface area contributed by atoms with Gasteiger partial charge in [0.05, 0.1) is 11.7 Å². The molecule has 2 aromatic rings. The second-order valence-electron chi connectivity index (χ2n) is 3.47. The summed E-state index contributed by atoms with van der Waals surface area (Å²) < 4.78 is 2.16. The Morgan fingerprint density at radius 2 is 2.36 bits per heavy atom. The van der Waals surface area contributed by atoms with Crippen molar-refractivity contribution in [3.05, 3.63) is 35.9 Å². The van der Waals surface area contributed by atoms with Gasteiger partial charge < -0.3 is 9.72 Å². The van der Waals surface area contributed by atoms with Crippen molar-refractivity contribution >= 4 is 5.52 Å². The molecule has 0 atom stereocenters. The van der Waals surface area contributed by atoms with Crippen molar-refractivity contribution in [3.63, 3.8) is 0 Å². The summed E-state index contributed by atoms with van der Waals surface area (Å²) in [7, 11) is 1.96. The van der Waals surface area contributed by atoms with Crippen molar-refractivity contribution < 1.29 is 0 Å². The maximum Gasteiger partial charge on any atom is 0.114 e. The minimum Gasteiger partial charge on any atom is -0.319 e. The molecule has 1 N–H and O–H groups in total. The first-order valence-corrected chi connectivity index (χ1v) is 4.89. The summed E-state index contributed by atoms with van der Waals surface area (Å²) in [5.74, 6) is 1.12. The SMILES string of the molecule is CNCCc1ncc2c(C)cccn12. The highest BCUT2D eigenvalue weighted by molar-refractivity contribution is 5.53. The van der Waals surface area contributed by atoms with E-state index in [2.05, 4.69) is 40.0 Å². The number of likely N-dealkylation sites (N-methyl/N-ethyl adjacent to an activating group) is 1. The van der Waals surface area contributed by atoms with Gasteiger partial charge >= 0.3 is 0 Å². The number of hydrogen-bond donors (Lipinski definition) is 1. The first-order chi connectivity index (χ1) is 6.83. The lowest BCUT2D eigenvalue weighted by molar-refractivity contribution is 0.753. The molecule has 0 bridgehead atoms. The van der Waals surface area contributed by atoms with Gasteiger partial charge in [0.1, 0.15) is 5.82 Å². The van der Waals surface area contributed by atoms with E-state index in [0.29, 0.717) is 0 Å². The fourth-order valence-electron chi connectivity index (χ4n) is 1.64. The van der Waals surface area contributed by atoms with Crippen molar-refractivity contribution in [2.24, 2.45) is 0 Å². The van der Waals surface area contributed by atoms with Crippen LogP contribution in [0.5, 0.6) is 0 Å². The topological polar surface area (TPSA) is 29.3 Å². The van der Waals surface area contributed by atoms with E-state index in [4.69, 9.17) is 0 Å². The average Bonchev–Trinajstić information content (AvgIpc) is 2.60. The smallest absolute Gasteiger partial charge is 0.114 e. The lowest BCUT2D eigenvalue weighted by Crippen LogP contribution is -2.12. The quantitative estimate of drug-likeness (QED) is 0.791. The van der Waals surface area contributed by atoms with Crippen LogP contribution >= 0.6 is 0 Å². The van der Waals surface area contributed by atoms with E-state index in [0.717, 1.165) is 18.8 Å². The summed E-state index contributed by atoms with van der Waals surface area (Å²) >= 11 is 0. The second-order valence-corrected chi connectivity index (χ2v) is 3.47. The Bertz CT molecular complexity index is 431. The summed E-state index contributed by atoms with van der Waals surface area (Å²) in [4.78, 5) is 4.42. The molecule has 0 unspecified atom stereocenters. The largest absolute Gasteiger partial charge is 0.319 e. The molecule has 0 saturated carbocycles. The van der Waals surface area contributed by atoms with Gasteiger partial charge in [0.2, 0.25) is 0 Å². The Labute approximate surface area is 83.8 Å². The standard InChI is InChI=1S/C11H15N3/c1-9-4-3-7-14-10(9)8-13-11(14)5-6-12-2/h3-4,7-8,12H,5-6H2,1-2H3. The number of pyridine rings is 1. The molecule has 0 saturated heterocycles. The third-order valence-corrected chi connectivity index (χ3v) is 2.46. The third-order valence-electron chi connectivity index (χ3n) is 2.46. The maximum atomic E-state index is 4.42. The Balaban J connectivity index is 2.42. The van der Waals surface area contributed by atoms with Gasteiger partial charge in [-0.05, 0) is 25.6 Å². The second kappa shape index (κ2) is 3.80. The van der Waals surface area contributed by atoms with Gasteiger partial charge in [-0.3, -0.25) is 0 Å². The molecule has 0 fully saturated rings. The number of aromatic nitrogens is 2. The molecule has 14 heavy (non-hydrogen) atoms. The van der Waals surface area contributed by atoms with Crippen molar-refractivity contribution in [1.29, 1.82) is 0 Å². The predicted molar refractivity (Wildman–Crippen MR) is 57.6 cm³/mol. The molecular formula is C11H15N3.